The smallest absolute Gasteiger partial charge is 0.261 e. The number of nitrogens with zero attached hydrogens (tertiary/aromatic N) is 2. The van der Waals surface area contributed by atoms with Crippen LogP contribution in [0.3, 0.4) is 0 Å². The average molecular weight is 203 g/mol. The van der Waals surface area contributed by atoms with Crippen molar-refractivity contribution in [3.05, 3.63) is 22.7 Å². The fraction of sp³-hybridized carbons (Fsp3) is 0.545. The lowest BCUT2D eigenvalue weighted by atomic mass is 9.89. The Hall–Kier alpha value is -1.81. The maximum atomic E-state index is 10.8. The summed E-state index contributed by atoms with van der Waals surface area (Å²) in [5.41, 5.74) is 1.17. The van der Waals surface area contributed by atoms with Crippen LogP contribution in [0.1, 0.15) is 32.6 Å². The molecule has 0 bridgehead atoms. The summed E-state index contributed by atoms with van der Waals surface area (Å²) in [4.78, 5) is 14.0. The first-order valence-electron chi connectivity index (χ1n) is 4.94. The zero-order chi connectivity index (χ0) is 11.3. The van der Waals surface area contributed by atoms with Crippen LogP contribution in [0.25, 0.3) is 4.85 Å². The minimum absolute atomic E-state index is 0.0156. The van der Waals surface area contributed by atoms with Crippen LogP contribution in [0.15, 0.2) is 11.3 Å². The van der Waals surface area contributed by atoms with Crippen LogP contribution in [-0.4, -0.2) is 11.9 Å². The van der Waals surface area contributed by atoms with Crippen LogP contribution < -0.4 is 5.32 Å². The standard InChI is InChI=1S/C11H13N3O/c1-8(15)14-10-5-3-9(4-6-10)11(7-12)13-2/h10H,3-6H2,1H3,(H,14,15). The van der Waals surface area contributed by atoms with Gasteiger partial charge in [0.05, 0.1) is 12.6 Å². The molecule has 15 heavy (non-hydrogen) atoms. The minimum Gasteiger partial charge on any atom is -0.354 e. The summed E-state index contributed by atoms with van der Waals surface area (Å²) in [5, 5.41) is 11.6. The van der Waals surface area contributed by atoms with Crippen LogP contribution in [0.2, 0.25) is 0 Å². The summed E-state index contributed by atoms with van der Waals surface area (Å²) < 4.78 is 0. The fourth-order valence-corrected chi connectivity index (χ4v) is 1.82. The summed E-state index contributed by atoms with van der Waals surface area (Å²) in [5.74, 6) is -0.0156. The maximum absolute atomic E-state index is 10.8. The van der Waals surface area contributed by atoms with Gasteiger partial charge in [0.2, 0.25) is 5.91 Å². The lowest BCUT2D eigenvalue weighted by Gasteiger charge is -2.24. The SMILES string of the molecule is [C-]#[N+]C(C#N)=C1CCC(NC(C)=O)CC1. The summed E-state index contributed by atoms with van der Waals surface area (Å²) in [6.07, 6.45) is 3.15. The van der Waals surface area contributed by atoms with Gasteiger partial charge in [0.15, 0.2) is 0 Å². The predicted octanol–water partition coefficient (Wildman–Crippen LogP) is 1.76. The molecule has 1 aliphatic rings. The fourth-order valence-electron chi connectivity index (χ4n) is 1.82. The van der Waals surface area contributed by atoms with Crippen LogP contribution in [0.5, 0.6) is 0 Å². The maximum Gasteiger partial charge on any atom is 0.261 e. The Morgan fingerprint density at radius 2 is 2.20 bits per heavy atom. The average Bonchev–Trinajstić information content (AvgIpc) is 2.21. The van der Waals surface area contributed by atoms with Crippen molar-refractivity contribution in [3.63, 3.8) is 0 Å². The van der Waals surface area contributed by atoms with E-state index in [0.717, 1.165) is 31.3 Å². The van der Waals surface area contributed by atoms with E-state index >= 15 is 0 Å². The molecule has 0 radical (unpaired) electrons. The molecule has 4 nitrogen and oxygen atoms in total. The molecule has 1 amide bonds. The van der Waals surface area contributed by atoms with Crippen molar-refractivity contribution >= 4 is 5.91 Å². The van der Waals surface area contributed by atoms with E-state index in [4.69, 9.17) is 11.8 Å². The van der Waals surface area contributed by atoms with E-state index in [9.17, 15) is 4.79 Å². The van der Waals surface area contributed by atoms with Crippen LogP contribution in [0.4, 0.5) is 0 Å². The van der Waals surface area contributed by atoms with Gasteiger partial charge in [0.25, 0.3) is 5.70 Å². The van der Waals surface area contributed by atoms with Crippen molar-refractivity contribution in [2.24, 2.45) is 0 Å². The molecule has 78 valence electrons. The Morgan fingerprint density at radius 1 is 1.60 bits per heavy atom. The predicted molar refractivity (Wildman–Crippen MR) is 55.3 cm³/mol. The van der Waals surface area contributed by atoms with Crippen molar-refractivity contribution in [3.8, 4) is 6.07 Å². The molecule has 1 fully saturated rings. The molecule has 0 spiro atoms. The van der Waals surface area contributed by atoms with Gasteiger partial charge in [0.1, 0.15) is 0 Å². The first-order chi connectivity index (χ1) is 7.17. The minimum atomic E-state index is -0.0156. The topological polar surface area (TPSA) is 57.2 Å². The number of hydrogen-bond acceptors (Lipinski definition) is 2. The molecule has 1 aliphatic carbocycles. The largest absolute Gasteiger partial charge is 0.354 e. The Bertz CT molecular complexity index is 344. The van der Waals surface area contributed by atoms with E-state index in [1.807, 2.05) is 6.07 Å². The molecule has 0 atom stereocenters. The van der Waals surface area contributed by atoms with E-state index in [0.29, 0.717) is 0 Å². The Balaban J connectivity index is 2.57. The number of carbonyl (C=O) groups excluding carboxylic acids is 1. The molecular weight excluding hydrogens is 190 g/mol. The third-order valence-electron chi connectivity index (χ3n) is 2.55. The van der Waals surface area contributed by atoms with Gasteiger partial charge in [-0.15, -0.1) is 0 Å². The number of hydrogen-bond donors (Lipinski definition) is 1. The summed E-state index contributed by atoms with van der Waals surface area (Å²) in [6, 6.07) is 2.12. The van der Waals surface area contributed by atoms with Gasteiger partial charge >= 0.3 is 0 Å². The molecular formula is C11H13N3O. The lowest BCUT2D eigenvalue weighted by molar-refractivity contribution is -0.119. The molecule has 0 unspecified atom stereocenters. The second kappa shape index (κ2) is 5.17. The zero-order valence-electron chi connectivity index (χ0n) is 8.71. The summed E-state index contributed by atoms with van der Waals surface area (Å²) >= 11 is 0. The van der Waals surface area contributed by atoms with E-state index in [1.165, 1.54) is 6.92 Å². The first-order valence-corrected chi connectivity index (χ1v) is 4.94. The van der Waals surface area contributed by atoms with Gasteiger partial charge in [0, 0.05) is 13.0 Å². The molecule has 0 aromatic rings. The molecule has 1 N–H and O–H groups in total. The molecule has 0 heterocycles. The molecule has 0 aromatic heterocycles. The van der Waals surface area contributed by atoms with Crippen molar-refractivity contribution in [2.75, 3.05) is 0 Å². The van der Waals surface area contributed by atoms with Crippen molar-refractivity contribution < 1.29 is 4.79 Å². The number of nitriles is 1. The highest BCUT2D eigenvalue weighted by Crippen LogP contribution is 2.26. The van der Waals surface area contributed by atoms with Crippen molar-refractivity contribution in [2.45, 2.75) is 38.6 Å². The van der Waals surface area contributed by atoms with E-state index in [2.05, 4.69) is 10.2 Å². The van der Waals surface area contributed by atoms with Gasteiger partial charge in [-0.05, 0) is 25.7 Å². The quantitative estimate of drug-likeness (QED) is 0.521. The number of carbonyl (C=O) groups is 1. The Morgan fingerprint density at radius 3 is 2.60 bits per heavy atom. The third kappa shape index (κ3) is 3.11. The van der Waals surface area contributed by atoms with Crippen LogP contribution in [0, 0.1) is 17.9 Å². The number of nitrogens with one attached hydrogen (secondary N) is 1. The highest BCUT2D eigenvalue weighted by Gasteiger charge is 2.19. The van der Waals surface area contributed by atoms with Gasteiger partial charge < -0.3 is 5.32 Å². The molecule has 4 heteroatoms. The van der Waals surface area contributed by atoms with Gasteiger partial charge in [-0.25, -0.2) is 10.1 Å². The number of allylic oxidation sites excluding steroid dienone is 2. The monoisotopic (exact) mass is 203 g/mol. The Kier molecular flexibility index (Phi) is 3.88. The van der Waals surface area contributed by atoms with Crippen LogP contribution >= 0.6 is 0 Å². The third-order valence-corrected chi connectivity index (χ3v) is 2.55. The van der Waals surface area contributed by atoms with E-state index < -0.39 is 0 Å². The molecule has 0 aliphatic heterocycles. The Labute approximate surface area is 89.4 Å². The number of rotatable bonds is 1. The summed E-state index contributed by atoms with van der Waals surface area (Å²) in [6.45, 7) is 8.34. The van der Waals surface area contributed by atoms with Gasteiger partial charge in [-0.2, -0.15) is 0 Å². The normalized spacial score (nSPS) is 19.9. The van der Waals surface area contributed by atoms with E-state index in [1.54, 1.807) is 0 Å². The second-order valence-corrected chi connectivity index (χ2v) is 3.65. The lowest BCUT2D eigenvalue weighted by Crippen LogP contribution is -2.34. The van der Waals surface area contributed by atoms with Gasteiger partial charge in [-0.3, -0.25) is 4.79 Å². The van der Waals surface area contributed by atoms with Crippen LogP contribution in [-0.2, 0) is 4.79 Å². The molecule has 0 aromatic carbocycles. The molecule has 0 saturated heterocycles. The molecule has 1 rings (SSSR count). The van der Waals surface area contributed by atoms with Crippen molar-refractivity contribution in [1.29, 1.82) is 5.26 Å². The number of amides is 1. The summed E-state index contributed by atoms with van der Waals surface area (Å²) in [7, 11) is 0. The molecule has 1 saturated carbocycles. The second-order valence-electron chi connectivity index (χ2n) is 3.65. The van der Waals surface area contributed by atoms with E-state index in [-0.39, 0.29) is 17.6 Å². The van der Waals surface area contributed by atoms with Crippen molar-refractivity contribution in [1.82, 2.24) is 5.32 Å². The highest BCUT2D eigenvalue weighted by molar-refractivity contribution is 5.73. The zero-order valence-corrected chi connectivity index (χ0v) is 8.71. The highest BCUT2D eigenvalue weighted by atomic mass is 16.1. The van der Waals surface area contributed by atoms with Gasteiger partial charge in [-0.1, -0.05) is 5.57 Å². The first kappa shape index (κ1) is 11.3.